The van der Waals surface area contributed by atoms with Crippen molar-refractivity contribution in [3.63, 3.8) is 0 Å². The molecule has 0 radical (unpaired) electrons. The average molecular weight is 283 g/mol. The monoisotopic (exact) mass is 282 g/mol. The molecule has 0 aromatic rings. The third kappa shape index (κ3) is 10.7. The van der Waals surface area contributed by atoms with Crippen LogP contribution in [0.3, 0.4) is 0 Å². The molecule has 0 fully saturated rings. The standard InChI is InChI=1S/C20H42/c1-6-9-11-12-15-20(14-10-7-2)19(13-8-3)17-16-18(4)5/h18-20H,6-17H2,1-5H3. The molecule has 0 rings (SSSR count). The first-order valence-electron chi connectivity index (χ1n) is 9.65. The summed E-state index contributed by atoms with van der Waals surface area (Å²) in [5, 5.41) is 0. The first-order valence-corrected chi connectivity index (χ1v) is 9.65. The van der Waals surface area contributed by atoms with Crippen LogP contribution in [0.25, 0.3) is 0 Å². The van der Waals surface area contributed by atoms with Crippen LogP contribution in [0.1, 0.15) is 112 Å². The second kappa shape index (κ2) is 14.0. The highest BCUT2D eigenvalue weighted by Crippen LogP contribution is 2.32. The minimum Gasteiger partial charge on any atom is -0.0654 e. The van der Waals surface area contributed by atoms with Gasteiger partial charge in [-0.2, -0.15) is 0 Å². The molecule has 0 aromatic carbocycles. The Kier molecular flexibility index (Phi) is 14.0. The van der Waals surface area contributed by atoms with E-state index in [-0.39, 0.29) is 0 Å². The molecule has 0 heteroatoms. The third-order valence-corrected chi connectivity index (χ3v) is 4.80. The Bertz CT molecular complexity index is 182. The Morgan fingerprint density at radius 2 is 1.10 bits per heavy atom. The summed E-state index contributed by atoms with van der Waals surface area (Å²) in [7, 11) is 0. The van der Waals surface area contributed by atoms with Gasteiger partial charge in [-0.05, 0) is 24.2 Å². The maximum Gasteiger partial charge on any atom is -0.0386 e. The van der Waals surface area contributed by atoms with E-state index in [4.69, 9.17) is 0 Å². The van der Waals surface area contributed by atoms with E-state index < -0.39 is 0 Å². The van der Waals surface area contributed by atoms with Gasteiger partial charge in [-0.1, -0.05) is 105 Å². The van der Waals surface area contributed by atoms with Crippen LogP contribution in [0, 0.1) is 17.8 Å². The molecule has 0 aromatic heterocycles. The second-order valence-corrected chi connectivity index (χ2v) is 7.27. The van der Waals surface area contributed by atoms with E-state index in [0.29, 0.717) is 0 Å². The fourth-order valence-electron chi connectivity index (χ4n) is 3.45. The summed E-state index contributed by atoms with van der Waals surface area (Å²) >= 11 is 0. The van der Waals surface area contributed by atoms with E-state index in [1.165, 1.54) is 77.0 Å². The summed E-state index contributed by atoms with van der Waals surface area (Å²) in [6.45, 7) is 11.8. The topological polar surface area (TPSA) is 0 Å². The van der Waals surface area contributed by atoms with E-state index in [1.807, 2.05) is 0 Å². The van der Waals surface area contributed by atoms with Crippen molar-refractivity contribution in [2.75, 3.05) is 0 Å². The fourth-order valence-corrected chi connectivity index (χ4v) is 3.45. The summed E-state index contributed by atoms with van der Waals surface area (Å²) < 4.78 is 0. The predicted octanol–water partition coefficient (Wildman–Crippen LogP) is 7.62. The third-order valence-electron chi connectivity index (χ3n) is 4.80. The first-order chi connectivity index (χ1) is 9.65. The van der Waals surface area contributed by atoms with Crippen molar-refractivity contribution < 1.29 is 0 Å². The Morgan fingerprint density at radius 1 is 0.500 bits per heavy atom. The van der Waals surface area contributed by atoms with Crippen molar-refractivity contribution in [1.29, 1.82) is 0 Å². The van der Waals surface area contributed by atoms with Crippen molar-refractivity contribution in [3.8, 4) is 0 Å². The Labute approximate surface area is 130 Å². The molecule has 0 aliphatic carbocycles. The van der Waals surface area contributed by atoms with Gasteiger partial charge in [0.05, 0.1) is 0 Å². The number of rotatable bonds is 14. The van der Waals surface area contributed by atoms with Gasteiger partial charge < -0.3 is 0 Å². The maximum atomic E-state index is 2.38. The minimum absolute atomic E-state index is 0.876. The zero-order valence-corrected chi connectivity index (χ0v) is 15.2. The molecule has 0 heterocycles. The molecule has 0 aliphatic rings. The normalized spacial score (nSPS) is 14.7. The van der Waals surface area contributed by atoms with Gasteiger partial charge in [-0.25, -0.2) is 0 Å². The lowest BCUT2D eigenvalue weighted by Gasteiger charge is -2.28. The molecule has 0 nitrogen and oxygen atoms in total. The molecule has 0 saturated carbocycles. The van der Waals surface area contributed by atoms with Crippen LogP contribution in [0.4, 0.5) is 0 Å². The van der Waals surface area contributed by atoms with Crippen molar-refractivity contribution in [2.24, 2.45) is 17.8 Å². The van der Waals surface area contributed by atoms with Crippen LogP contribution < -0.4 is 0 Å². The van der Waals surface area contributed by atoms with E-state index in [2.05, 4.69) is 34.6 Å². The van der Waals surface area contributed by atoms with Crippen molar-refractivity contribution in [2.45, 2.75) is 112 Å². The van der Waals surface area contributed by atoms with Gasteiger partial charge in [0.25, 0.3) is 0 Å². The summed E-state index contributed by atoms with van der Waals surface area (Å²) in [6, 6.07) is 0. The lowest BCUT2D eigenvalue weighted by atomic mass is 9.78. The number of unbranched alkanes of at least 4 members (excludes halogenated alkanes) is 4. The lowest BCUT2D eigenvalue weighted by molar-refractivity contribution is 0.236. The molecule has 2 unspecified atom stereocenters. The molecule has 0 amide bonds. The van der Waals surface area contributed by atoms with Gasteiger partial charge in [-0.3, -0.25) is 0 Å². The molecule has 122 valence electrons. The van der Waals surface area contributed by atoms with Gasteiger partial charge in [-0.15, -0.1) is 0 Å². The molecule has 0 spiro atoms. The lowest BCUT2D eigenvalue weighted by Crippen LogP contribution is -2.16. The smallest absolute Gasteiger partial charge is 0.0386 e. The van der Waals surface area contributed by atoms with Crippen molar-refractivity contribution in [1.82, 2.24) is 0 Å². The van der Waals surface area contributed by atoms with Crippen LogP contribution >= 0.6 is 0 Å². The molecule has 20 heavy (non-hydrogen) atoms. The molecule has 0 aliphatic heterocycles. The Balaban J connectivity index is 4.30. The predicted molar refractivity (Wildman–Crippen MR) is 94.2 cm³/mol. The van der Waals surface area contributed by atoms with Crippen LogP contribution in [-0.4, -0.2) is 0 Å². The molecule has 0 bridgehead atoms. The minimum atomic E-state index is 0.876. The summed E-state index contributed by atoms with van der Waals surface area (Å²) in [5.74, 6) is 2.90. The average Bonchev–Trinajstić information content (AvgIpc) is 2.43. The van der Waals surface area contributed by atoms with Gasteiger partial charge in [0, 0.05) is 0 Å². The maximum absolute atomic E-state index is 2.38. The zero-order chi connectivity index (χ0) is 15.2. The van der Waals surface area contributed by atoms with E-state index in [1.54, 1.807) is 0 Å². The van der Waals surface area contributed by atoms with E-state index in [0.717, 1.165) is 17.8 Å². The van der Waals surface area contributed by atoms with Crippen molar-refractivity contribution >= 4 is 0 Å². The Morgan fingerprint density at radius 3 is 1.65 bits per heavy atom. The summed E-state index contributed by atoms with van der Waals surface area (Å²) in [5.41, 5.74) is 0. The number of hydrogen-bond donors (Lipinski definition) is 0. The molecule has 2 atom stereocenters. The Hall–Kier alpha value is 0. The molecule has 0 N–H and O–H groups in total. The van der Waals surface area contributed by atoms with Gasteiger partial charge in [0.15, 0.2) is 0 Å². The van der Waals surface area contributed by atoms with Crippen LogP contribution in [-0.2, 0) is 0 Å². The number of hydrogen-bond acceptors (Lipinski definition) is 0. The molecular formula is C20H42. The zero-order valence-electron chi connectivity index (χ0n) is 15.2. The first kappa shape index (κ1) is 20.0. The van der Waals surface area contributed by atoms with Crippen LogP contribution in [0.2, 0.25) is 0 Å². The van der Waals surface area contributed by atoms with Crippen LogP contribution in [0.5, 0.6) is 0 Å². The second-order valence-electron chi connectivity index (χ2n) is 7.27. The van der Waals surface area contributed by atoms with E-state index >= 15 is 0 Å². The van der Waals surface area contributed by atoms with Gasteiger partial charge >= 0.3 is 0 Å². The highest BCUT2D eigenvalue weighted by Gasteiger charge is 2.20. The summed E-state index contributed by atoms with van der Waals surface area (Å²) in [4.78, 5) is 0. The van der Waals surface area contributed by atoms with Gasteiger partial charge in [0.1, 0.15) is 0 Å². The van der Waals surface area contributed by atoms with Crippen molar-refractivity contribution in [3.05, 3.63) is 0 Å². The fraction of sp³-hybridized carbons (Fsp3) is 1.00. The van der Waals surface area contributed by atoms with E-state index in [9.17, 15) is 0 Å². The van der Waals surface area contributed by atoms with Crippen LogP contribution in [0.15, 0.2) is 0 Å². The SMILES string of the molecule is CCCCCCC(CCCC)C(CCC)CCC(C)C. The van der Waals surface area contributed by atoms with Gasteiger partial charge in [0.2, 0.25) is 0 Å². The summed E-state index contributed by atoms with van der Waals surface area (Å²) in [6.07, 6.45) is 17.3. The highest BCUT2D eigenvalue weighted by atomic mass is 14.3. The highest BCUT2D eigenvalue weighted by molar-refractivity contribution is 4.71. The molecule has 0 saturated heterocycles. The quantitative estimate of drug-likeness (QED) is 0.287. The molecular weight excluding hydrogens is 240 g/mol. The largest absolute Gasteiger partial charge is 0.0654 e.